The van der Waals surface area contributed by atoms with E-state index in [2.05, 4.69) is 60.5 Å². The van der Waals surface area contributed by atoms with E-state index in [1.807, 2.05) is 0 Å². The van der Waals surface area contributed by atoms with Crippen LogP contribution in [-0.4, -0.2) is 8.07 Å². The molecule has 2 heteroatoms. The van der Waals surface area contributed by atoms with Crippen LogP contribution in [0.5, 0.6) is 0 Å². The SMILES string of the molecule is CC(C)(C)[Si](C)(C)CC#CBr. The van der Waals surface area contributed by atoms with Gasteiger partial charge in [0.15, 0.2) is 0 Å². The molecule has 0 saturated heterocycles. The molecule has 11 heavy (non-hydrogen) atoms. The van der Waals surface area contributed by atoms with Crippen LogP contribution in [0, 0.1) is 10.8 Å². The van der Waals surface area contributed by atoms with Gasteiger partial charge in [-0.3, -0.25) is 0 Å². The summed E-state index contributed by atoms with van der Waals surface area (Å²) in [6, 6.07) is 1.09. The molecule has 0 spiro atoms. The molecule has 0 heterocycles. The van der Waals surface area contributed by atoms with E-state index in [9.17, 15) is 0 Å². The summed E-state index contributed by atoms with van der Waals surface area (Å²) in [7, 11) is -1.13. The van der Waals surface area contributed by atoms with Gasteiger partial charge in [-0.1, -0.05) is 39.8 Å². The minimum atomic E-state index is -1.13. The number of halogens is 1. The van der Waals surface area contributed by atoms with E-state index in [1.54, 1.807) is 0 Å². The Morgan fingerprint density at radius 2 is 1.73 bits per heavy atom. The third kappa shape index (κ3) is 3.44. The van der Waals surface area contributed by atoms with E-state index in [0.717, 1.165) is 6.04 Å². The smallest absolute Gasteiger partial charge is 0.0657 e. The Balaban J connectivity index is 4.30. The third-order valence-corrected chi connectivity index (χ3v) is 8.03. The fraction of sp³-hybridized carbons (Fsp3) is 0.778. The van der Waals surface area contributed by atoms with Crippen LogP contribution in [0.3, 0.4) is 0 Å². The van der Waals surface area contributed by atoms with Crippen LogP contribution >= 0.6 is 15.9 Å². The highest BCUT2D eigenvalue weighted by atomic mass is 79.9. The third-order valence-electron chi connectivity index (χ3n) is 2.63. The van der Waals surface area contributed by atoms with Crippen molar-refractivity contribution in [2.75, 3.05) is 0 Å². The largest absolute Gasteiger partial charge is 0.0938 e. The minimum absolute atomic E-state index is 0.462. The normalized spacial score (nSPS) is 12.2. The first kappa shape index (κ1) is 11.3. The van der Waals surface area contributed by atoms with Crippen LogP contribution in [0.1, 0.15) is 20.8 Å². The van der Waals surface area contributed by atoms with Gasteiger partial charge in [0.25, 0.3) is 0 Å². The van der Waals surface area contributed by atoms with Gasteiger partial charge >= 0.3 is 0 Å². The summed E-state index contributed by atoms with van der Waals surface area (Å²) in [6.45, 7) is 11.7. The van der Waals surface area contributed by atoms with Gasteiger partial charge in [-0.2, -0.15) is 0 Å². The van der Waals surface area contributed by atoms with Crippen molar-refractivity contribution >= 4 is 24.0 Å². The van der Waals surface area contributed by atoms with E-state index in [4.69, 9.17) is 0 Å². The molecule has 0 unspecified atom stereocenters. The highest BCUT2D eigenvalue weighted by Gasteiger charge is 2.33. The number of rotatable bonds is 1. The standard InChI is InChI=1S/C9H17BrSi/c1-9(2,3)11(4,5)8-6-7-10/h8H2,1-5H3. The lowest BCUT2D eigenvalue weighted by Crippen LogP contribution is -2.36. The van der Waals surface area contributed by atoms with Crippen molar-refractivity contribution < 1.29 is 0 Å². The average molecular weight is 233 g/mol. The van der Waals surface area contributed by atoms with Crippen LogP contribution in [0.4, 0.5) is 0 Å². The summed E-state index contributed by atoms with van der Waals surface area (Å²) in [5.74, 6) is 3.12. The molecule has 0 radical (unpaired) electrons. The fourth-order valence-electron chi connectivity index (χ4n) is 0.520. The molecule has 0 atom stereocenters. The molecule has 0 aromatic rings. The molecular weight excluding hydrogens is 216 g/mol. The molecule has 0 nitrogen and oxygen atoms in total. The molecule has 0 aromatic heterocycles. The molecule has 0 aliphatic heterocycles. The summed E-state index contributed by atoms with van der Waals surface area (Å²) in [4.78, 5) is 2.79. The van der Waals surface area contributed by atoms with Crippen LogP contribution in [0.25, 0.3) is 0 Å². The predicted molar refractivity (Wildman–Crippen MR) is 58.7 cm³/mol. The maximum Gasteiger partial charge on any atom is 0.0657 e. The number of hydrogen-bond acceptors (Lipinski definition) is 0. The molecule has 0 rings (SSSR count). The molecule has 0 fully saturated rings. The van der Waals surface area contributed by atoms with Gasteiger partial charge in [-0.15, -0.1) is 0 Å². The van der Waals surface area contributed by atoms with Gasteiger partial charge < -0.3 is 0 Å². The lowest BCUT2D eigenvalue weighted by molar-refractivity contribution is 0.720. The monoisotopic (exact) mass is 232 g/mol. The topological polar surface area (TPSA) is 0 Å². The highest BCUT2D eigenvalue weighted by molar-refractivity contribution is 9.12. The van der Waals surface area contributed by atoms with Crippen molar-refractivity contribution in [1.82, 2.24) is 0 Å². The van der Waals surface area contributed by atoms with Gasteiger partial charge in [0.2, 0.25) is 0 Å². The summed E-state index contributed by atoms with van der Waals surface area (Å²) >= 11 is 3.13. The van der Waals surface area contributed by atoms with Crippen molar-refractivity contribution in [3.63, 3.8) is 0 Å². The second-order valence-electron chi connectivity index (χ2n) is 4.58. The molecule has 0 amide bonds. The van der Waals surface area contributed by atoms with E-state index >= 15 is 0 Å². The Morgan fingerprint density at radius 1 is 1.27 bits per heavy atom. The minimum Gasteiger partial charge on any atom is -0.0938 e. The molecule has 0 aliphatic carbocycles. The van der Waals surface area contributed by atoms with Crippen LogP contribution in [-0.2, 0) is 0 Å². The van der Waals surface area contributed by atoms with E-state index < -0.39 is 8.07 Å². The molecular formula is C9H17BrSi. The van der Waals surface area contributed by atoms with Crippen molar-refractivity contribution in [2.45, 2.75) is 44.9 Å². The Morgan fingerprint density at radius 3 is 2.00 bits per heavy atom. The summed E-state index contributed by atoms with van der Waals surface area (Å²) in [5.41, 5.74) is 0. The maximum atomic E-state index is 3.13. The van der Waals surface area contributed by atoms with Crippen molar-refractivity contribution in [3.05, 3.63) is 0 Å². The molecule has 0 bridgehead atoms. The lowest BCUT2D eigenvalue weighted by atomic mass is 10.2. The van der Waals surface area contributed by atoms with Gasteiger partial charge in [0.1, 0.15) is 0 Å². The van der Waals surface area contributed by atoms with E-state index in [0.29, 0.717) is 5.04 Å². The first-order valence-corrected chi connectivity index (χ1v) is 7.90. The molecule has 0 aromatic carbocycles. The van der Waals surface area contributed by atoms with Gasteiger partial charge in [0.05, 0.1) is 8.07 Å². The second-order valence-corrected chi connectivity index (χ2v) is 10.6. The molecule has 64 valence electrons. The van der Waals surface area contributed by atoms with E-state index in [-0.39, 0.29) is 0 Å². The van der Waals surface area contributed by atoms with Gasteiger partial charge in [-0.25, -0.2) is 0 Å². The maximum absolute atomic E-state index is 3.13. The Kier molecular flexibility index (Phi) is 3.86. The van der Waals surface area contributed by atoms with Crippen LogP contribution < -0.4 is 0 Å². The van der Waals surface area contributed by atoms with Gasteiger partial charge in [-0.05, 0) is 9.87 Å². The van der Waals surface area contributed by atoms with Crippen molar-refractivity contribution in [2.24, 2.45) is 0 Å². The summed E-state index contributed by atoms with van der Waals surface area (Å²) < 4.78 is 0. The second kappa shape index (κ2) is 3.78. The zero-order chi connectivity index (χ0) is 9.12. The first-order valence-electron chi connectivity index (χ1n) is 3.90. The van der Waals surface area contributed by atoms with Crippen molar-refractivity contribution in [1.29, 1.82) is 0 Å². The highest BCUT2D eigenvalue weighted by Crippen LogP contribution is 2.38. The Bertz CT molecular complexity index is 178. The zero-order valence-electron chi connectivity index (χ0n) is 8.09. The lowest BCUT2D eigenvalue weighted by Gasteiger charge is -2.35. The summed E-state index contributed by atoms with van der Waals surface area (Å²) in [6.07, 6.45) is 0. The molecule has 0 aliphatic rings. The summed E-state index contributed by atoms with van der Waals surface area (Å²) in [5, 5.41) is 0.462. The van der Waals surface area contributed by atoms with E-state index in [1.165, 1.54) is 0 Å². The molecule has 0 saturated carbocycles. The van der Waals surface area contributed by atoms with Gasteiger partial charge in [0, 0.05) is 22.0 Å². The Labute approximate surface area is 79.9 Å². The fourth-order valence-corrected chi connectivity index (χ4v) is 1.98. The number of hydrogen-bond donors (Lipinski definition) is 0. The first-order chi connectivity index (χ1) is 4.81. The molecule has 0 N–H and O–H groups in total. The van der Waals surface area contributed by atoms with Crippen molar-refractivity contribution in [3.8, 4) is 10.8 Å². The predicted octanol–water partition coefficient (Wildman–Crippen LogP) is 3.85. The van der Waals surface area contributed by atoms with Crippen LogP contribution in [0.15, 0.2) is 0 Å². The Hall–Kier alpha value is 0.257. The van der Waals surface area contributed by atoms with Crippen LogP contribution in [0.2, 0.25) is 24.2 Å². The quantitative estimate of drug-likeness (QED) is 0.476. The average Bonchev–Trinajstić information content (AvgIpc) is 1.81. The zero-order valence-corrected chi connectivity index (χ0v) is 10.7.